The highest BCUT2D eigenvalue weighted by molar-refractivity contribution is 7.90. The average Bonchev–Trinajstić information content (AvgIpc) is 3.09. The zero-order valence-corrected chi connectivity index (χ0v) is 16.9. The summed E-state index contributed by atoms with van der Waals surface area (Å²) in [7, 11) is -3.13. The quantitative estimate of drug-likeness (QED) is 0.743. The van der Waals surface area contributed by atoms with Crippen LogP contribution >= 0.6 is 11.3 Å². The van der Waals surface area contributed by atoms with Crippen LogP contribution in [-0.2, 0) is 26.0 Å². The van der Waals surface area contributed by atoms with Crippen LogP contribution in [0.5, 0.6) is 0 Å². The fraction of sp³-hybridized carbons (Fsp3) is 0.706. The minimum absolute atomic E-state index is 0.0417. The van der Waals surface area contributed by atoms with E-state index in [0.717, 1.165) is 29.8 Å². The van der Waals surface area contributed by atoms with Crippen molar-refractivity contribution in [1.29, 1.82) is 0 Å². The van der Waals surface area contributed by atoms with Crippen LogP contribution in [0.4, 0.5) is 0 Å². The van der Waals surface area contributed by atoms with E-state index in [1.54, 1.807) is 16.2 Å². The molecule has 2 aliphatic rings. The standard InChI is InChI=1S/C17H25N3O4S2/c1-13-18-14(11-25-13)10-20-12-17(9-16(20)22)4-6-19(7-5-17)15(21)3-8-26(2,23)24/h11H,3-10,12H2,1-2H3. The molecule has 26 heavy (non-hydrogen) atoms. The van der Waals surface area contributed by atoms with E-state index in [-0.39, 0.29) is 29.4 Å². The predicted molar refractivity (Wildman–Crippen MR) is 99.5 cm³/mol. The minimum atomic E-state index is -3.13. The molecular formula is C17H25N3O4S2. The lowest BCUT2D eigenvalue weighted by Crippen LogP contribution is -2.44. The lowest BCUT2D eigenvalue weighted by Gasteiger charge is -2.38. The Balaban J connectivity index is 1.53. The molecule has 144 valence electrons. The number of hydrogen-bond donors (Lipinski definition) is 0. The fourth-order valence-corrected chi connectivity index (χ4v) is 4.95. The van der Waals surface area contributed by atoms with Crippen molar-refractivity contribution in [2.75, 3.05) is 31.6 Å². The molecule has 0 unspecified atom stereocenters. The maximum atomic E-state index is 12.4. The molecule has 2 amide bonds. The molecule has 2 fully saturated rings. The lowest BCUT2D eigenvalue weighted by atomic mass is 9.77. The van der Waals surface area contributed by atoms with E-state index in [2.05, 4.69) is 4.98 Å². The number of amides is 2. The predicted octanol–water partition coefficient (Wildman–Crippen LogP) is 1.23. The van der Waals surface area contributed by atoms with Crippen LogP contribution in [-0.4, -0.2) is 66.7 Å². The summed E-state index contributed by atoms with van der Waals surface area (Å²) in [6.45, 7) is 4.42. The maximum absolute atomic E-state index is 12.4. The van der Waals surface area contributed by atoms with Crippen molar-refractivity contribution in [2.45, 2.75) is 39.2 Å². The molecule has 0 aliphatic carbocycles. The number of rotatable bonds is 5. The number of carbonyl (C=O) groups is 2. The van der Waals surface area contributed by atoms with Gasteiger partial charge in [-0.2, -0.15) is 0 Å². The zero-order valence-electron chi connectivity index (χ0n) is 15.2. The summed E-state index contributed by atoms with van der Waals surface area (Å²) >= 11 is 1.59. The van der Waals surface area contributed by atoms with E-state index in [1.165, 1.54) is 0 Å². The van der Waals surface area contributed by atoms with Gasteiger partial charge in [-0.1, -0.05) is 0 Å². The van der Waals surface area contributed by atoms with Crippen molar-refractivity contribution in [3.63, 3.8) is 0 Å². The molecule has 1 spiro atoms. The van der Waals surface area contributed by atoms with E-state index in [1.807, 2.05) is 17.2 Å². The Morgan fingerprint density at radius 3 is 2.62 bits per heavy atom. The van der Waals surface area contributed by atoms with Crippen molar-refractivity contribution < 1.29 is 18.0 Å². The van der Waals surface area contributed by atoms with E-state index in [0.29, 0.717) is 32.6 Å². The monoisotopic (exact) mass is 399 g/mol. The Morgan fingerprint density at radius 2 is 2.04 bits per heavy atom. The molecule has 7 nitrogen and oxygen atoms in total. The summed E-state index contributed by atoms with van der Waals surface area (Å²) in [4.78, 5) is 32.7. The first-order chi connectivity index (χ1) is 12.2. The highest BCUT2D eigenvalue weighted by Crippen LogP contribution is 2.41. The summed E-state index contributed by atoms with van der Waals surface area (Å²) in [6.07, 6.45) is 3.29. The van der Waals surface area contributed by atoms with Crippen LogP contribution in [0.15, 0.2) is 5.38 Å². The maximum Gasteiger partial charge on any atom is 0.223 e. The van der Waals surface area contributed by atoms with Crippen LogP contribution < -0.4 is 0 Å². The Bertz CT molecular complexity index is 795. The van der Waals surface area contributed by atoms with Gasteiger partial charge in [0.2, 0.25) is 11.8 Å². The van der Waals surface area contributed by atoms with Gasteiger partial charge in [0.05, 0.1) is 23.0 Å². The summed E-state index contributed by atoms with van der Waals surface area (Å²) in [5.41, 5.74) is 0.877. The molecule has 2 aliphatic heterocycles. The summed E-state index contributed by atoms with van der Waals surface area (Å²) in [6, 6.07) is 0. The van der Waals surface area contributed by atoms with Gasteiger partial charge in [0.25, 0.3) is 0 Å². The van der Waals surface area contributed by atoms with E-state index in [9.17, 15) is 18.0 Å². The normalized spacial score (nSPS) is 20.2. The molecule has 3 rings (SSSR count). The van der Waals surface area contributed by atoms with Crippen molar-refractivity contribution in [3.8, 4) is 0 Å². The smallest absolute Gasteiger partial charge is 0.223 e. The molecule has 2 saturated heterocycles. The number of sulfone groups is 1. The average molecular weight is 400 g/mol. The van der Waals surface area contributed by atoms with Gasteiger partial charge in [-0.3, -0.25) is 9.59 Å². The summed E-state index contributed by atoms with van der Waals surface area (Å²) < 4.78 is 22.5. The van der Waals surface area contributed by atoms with Gasteiger partial charge in [0.15, 0.2) is 0 Å². The minimum Gasteiger partial charge on any atom is -0.343 e. The number of piperidine rings is 1. The Kier molecular flexibility index (Phi) is 5.39. The molecule has 0 aromatic carbocycles. The molecular weight excluding hydrogens is 374 g/mol. The van der Waals surface area contributed by atoms with E-state index < -0.39 is 9.84 Å². The highest BCUT2D eigenvalue weighted by Gasteiger charge is 2.45. The number of hydrogen-bond acceptors (Lipinski definition) is 6. The third kappa shape index (κ3) is 4.62. The molecule has 0 N–H and O–H groups in total. The summed E-state index contributed by atoms with van der Waals surface area (Å²) in [5, 5.41) is 3.00. The van der Waals surface area contributed by atoms with Crippen LogP contribution in [0.2, 0.25) is 0 Å². The Morgan fingerprint density at radius 1 is 1.35 bits per heavy atom. The van der Waals surface area contributed by atoms with Crippen molar-refractivity contribution in [2.24, 2.45) is 5.41 Å². The topological polar surface area (TPSA) is 87.7 Å². The van der Waals surface area contributed by atoms with Crippen LogP contribution in [0, 0.1) is 12.3 Å². The van der Waals surface area contributed by atoms with Gasteiger partial charge in [-0.25, -0.2) is 13.4 Å². The van der Waals surface area contributed by atoms with Gasteiger partial charge < -0.3 is 9.80 Å². The Hall–Kier alpha value is -1.48. The van der Waals surface area contributed by atoms with Gasteiger partial charge in [-0.15, -0.1) is 11.3 Å². The van der Waals surface area contributed by atoms with Gasteiger partial charge in [0, 0.05) is 49.5 Å². The highest BCUT2D eigenvalue weighted by atomic mass is 32.2. The first kappa shape index (κ1) is 19.3. The van der Waals surface area contributed by atoms with Gasteiger partial charge in [0.1, 0.15) is 9.84 Å². The third-order valence-corrected chi connectivity index (χ3v) is 7.06. The second-order valence-electron chi connectivity index (χ2n) is 7.55. The van der Waals surface area contributed by atoms with Crippen molar-refractivity contribution in [1.82, 2.24) is 14.8 Å². The first-order valence-electron chi connectivity index (χ1n) is 8.80. The molecule has 1 aromatic rings. The molecule has 0 bridgehead atoms. The van der Waals surface area contributed by atoms with Gasteiger partial charge >= 0.3 is 0 Å². The number of likely N-dealkylation sites (tertiary alicyclic amines) is 2. The second kappa shape index (κ2) is 7.26. The molecule has 3 heterocycles. The molecule has 0 saturated carbocycles. The van der Waals surface area contributed by atoms with Crippen LogP contribution in [0.25, 0.3) is 0 Å². The van der Waals surface area contributed by atoms with Crippen molar-refractivity contribution in [3.05, 3.63) is 16.1 Å². The number of aromatic nitrogens is 1. The first-order valence-corrected chi connectivity index (χ1v) is 11.7. The fourth-order valence-electron chi connectivity index (χ4n) is 3.80. The molecule has 0 radical (unpaired) electrons. The number of nitrogens with zero attached hydrogens (tertiary/aromatic N) is 3. The number of thiazole rings is 1. The SMILES string of the molecule is Cc1nc(CN2CC3(CCN(C(=O)CCS(C)(=O)=O)CC3)CC2=O)cs1. The van der Waals surface area contributed by atoms with Crippen molar-refractivity contribution >= 4 is 33.0 Å². The van der Waals surface area contributed by atoms with Crippen LogP contribution in [0.1, 0.15) is 36.4 Å². The van der Waals surface area contributed by atoms with Gasteiger partial charge in [-0.05, 0) is 19.8 Å². The molecule has 1 aromatic heterocycles. The van der Waals surface area contributed by atoms with E-state index >= 15 is 0 Å². The molecule has 0 atom stereocenters. The van der Waals surface area contributed by atoms with E-state index in [4.69, 9.17) is 0 Å². The third-order valence-electron chi connectivity index (χ3n) is 5.29. The number of carbonyl (C=O) groups excluding carboxylic acids is 2. The molecule has 9 heteroatoms. The largest absolute Gasteiger partial charge is 0.343 e. The summed E-state index contributed by atoms with van der Waals surface area (Å²) in [5.74, 6) is -0.0517. The Labute approximate surface area is 158 Å². The van der Waals surface area contributed by atoms with Crippen LogP contribution in [0.3, 0.4) is 0 Å². The number of aryl methyl sites for hydroxylation is 1. The zero-order chi connectivity index (χ0) is 18.9. The lowest BCUT2D eigenvalue weighted by molar-refractivity contribution is -0.133. The second-order valence-corrected chi connectivity index (χ2v) is 10.9.